The molecule has 232 valence electrons. The lowest BCUT2D eigenvalue weighted by atomic mass is 9.89. The van der Waals surface area contributed by atoms with Crippen molar-refractivity contribution in [1.82, 2.24) is 9.97 Å². The molecule has 0 bridgehead atoms. The molecule has 0 saturated carbocycles. The monoisotopic (exact) mass is 634 g/mol. The van der Waals surface area contributed by atoms with Gasteiger partial charge in [0.1, 0.15) is 0 Å². The van der Waals surface area contributed by atoms with E-state index in [1.165, 1.54) is 59.4 Å². The molecule has 10 aromatic rings. The van der Waals surface area contributed by atoms with Crippen LogP contribution < -0.4 is 0 Å². The van der Waals surface area contributed by atoms with Gasteiger partial charge >= 0.3 is 0 Å². The Bertz CT molecular complexity index is 2840. The number of benzene rings is 8. The number of rotatable bonds is 4. The highest BCUT2D eigenvalue weighted by Crippen LogP contribution is 2.41. The highest BCUT2D eigenvalue weighted by molar-refractivity contribution is 6.32. The summed E-state index contributed by atoms with van der Waals surface area (Å²) in [4.78, 5) is 10.0. The molecule has 0 atom stereocenters. The van der Waals surface area contributed by atoms with E-state index in [2.05, 4.69) is 146 Å². The van der Waals surface area contributed by atoms with Crippen molar-refractivity contribution in [1.29, 1.82) is 0 Å². The fraction of sp³-hybridized carbons (Fsp3) is 0. The first-order valence-corrected chi connectivity index (χ1v) is 17.1. The van der Waals surface area contributed by atoms with E-state index in [1.54, 1.807) is 0 Å². The molecule has 0 amide bonds. The first kappa shape index (κ1) is 28.4. The molecule has 0 N–H and O–H groups in total. The molecule has 9 aromatic carbocycles. The molecule has 0 aliphatic carbocycles. The summed E-state index contributed by atoms with van der Waals surface area (Å²) in [5.74, 6) is 0.721. The fourth-order valence-corrected chi connectivity index (χ4v) is 7.64. The van der Waals surface area contributed by atoms with Gasteiger partial charge in [-0.05, 0) is 77.1 Å². The summed E-state index contributed by atoms with van der Waals surface area (Å²) in [7, 11) is 0. The lowest BCUT2D eigenvalue weighted by Crippen LogP contribution is -1.95. The molecule has 0 unspecified atom stereocenters. The van der Waals surface area contributed by atoms with Crippen LogP contribution in [0.3, 0.4) is 0 Å². The number of fused-ring (bicyclic) bond motifs is 5. The van der Waals surface area contributed by atoms with Gasteiger partial charge < -0.3 is 0 Å². The molecule has 0 aliphatic heterocycles. The summed E-state index contributed by atoms with van der Waals surface area (Å²) in [5.41, 5.74) is 7.28. The Labute approximate surface area is 290 Å². The summed E-state index contributed by atoms with van der Waals surface area (Å²) in [6, 6.07) is 65.2. The summed E-state index contributed by atoms with van der Waals surface area (Å²) in [6.45, 7) is 0. The Balaban J connectivity index is 1.15. The highest BCUT2D eigenvalue weighted by atomic mass is 14.9. The van der Waals surface area contributed by atoms with E-state index in [-0.39, 0.29) is 0 Å². The van der Waals surface area contributed by atoms with Gasteiger partial charge in [0.2, 0.25) is 0 Å². The standard InChI is InChI=1S/C48H30N2/c1-3-11-32(12-4-1)44-30-45(50-48(49-44)36-13-5-2-6-14-36)33-23-21-31(22-24-33)37-27-28-40-42-20-10-16-35-26-25-34-15-9-19-41(46(34)47(35)42)38-17-7-8-18-39(38)43(40)29-37/h1-30H. The fourth-order valence-electron chi connectivity index (χ4n) is 7.64. The van der Waals surface area contributed by atoms with Crippen LogP contribution in [0.4, 0.5) is 0 Å². The zero-order valence-electron chi connectivity index (χ0n) is 27.2. The Morgan fingerprint density at radius 2 is 0.720 bits per heavy atom. The normalized spacial score (nSPS) is 11.6. The van der Waals surface area contributed by atoms with Crippen molar-refractivity contribution in [3.63, 3.8) is 0 Å². The van der Waals surface area contributed by atoms with Gasteiger partial charge in [-0.1, -0.05) is 170 Å². The average Bonchev–Trinajstić information content (AvgIpc) is 3.20. The maximum absolute atomic E-state index is 5.05. The predicted molar refractivity (Wildman–Crippen MR) is 211 cm³/mol. The minimum atomic E-state index is 0.721. The van der Waals surface area contributed by atoms with Crippen LogP contribution in [0.25, 0.3) is 98.9 Å². The lowest BCUT2D eigenvalue weighted by Gasteiger charge is -2.14. The van der Waals surface area contributed by atoms with E-state index in [0.29, 0.717) is 0 Å². The van der Waals surface area contributed by atoms with Crippen LogP contribution in [0, 0.1) is 0 Å². The van der Waals surface area contributed by atoms with E-state index < -0.39 is 0 Å². The molecule has 10 rings (SSSR count). The first-order valence-electron chi connectivity index (χ1n) is 17.1. The topological polar surface area (TPSA) is 25.8 Å². The van der Waals surface area contributed by atoms with Gasteiger partial charge in [0.05, 0.1) is 11.4 Å². The van der Waals surface area contributed by atoms with Gasteiger partial charge in [-0.2, -0.15) is 0 Å². The highest BCUT2D eigenvalue weighted by Gasteiger charge is 2.14. The van der Waals surface area contributed by atoms with E-state index in [1.807, 2.05) is 36.4 Å². The summed E-state index contributed by atoms with van der Waals surface area (Å²) >= 11 is 0. The van der Waals surface area contributed by atoms with Crippen molar-refractivity contribution >= 4 is 53.9 Å². The van der Waals surface area contributed by atoms with Crippen LogP contribution in [0.5, 0.6) is 0 Å². The SMILES string of the molecule is c1ccc(-c2cc(-c3ccc(-c4ccc5c(c4)c4ccccc4c4cccc6ccc7cccc5c7c64)cc3)nc(-c3ccccc3)n2)cc1. The molecule has 0 spiro atoms. The summed E-state index contributed by atoms with van der Waals surface area (Å²) in [6.07, 6.45) is 0. The molecule has 50 heavy (non-hydrogen) atoms. The molecule has 1 aromatic heterocycles. The second kappa shape index (κ2) is 11.5. The van der Waals surface area contributed by atoms with Crippen molar-refractivity contribution in [2.24, 2.45) is 0 Å². The smallest absolute Gasteiger partial charge is 0.160 e. The maximum Gasteiger partial charge on any atom is 0.160 e. The second-order valence-corrected chi connectivity index (χ2v) is 13.0. The Hall–Kier alpha value is -6.64. The van der Waals surface area contributed by atoms with Crippen molar-refractivity contribution < 1.29 is 0 Å². The molecule has 0 saturated heterocycles. The quantitative estimate of drug-likeness (QED) is 0.180. The molecule has 0 aliphatic rings. The third kappa shape index (κ3) is 4.65. The molecule has 2 heteroatoms. The minimum absolute atomic E-state index is 0.721. The number of hydrogen-bond acceptors (Lipinski definition) is 2. The maximum atomic E-state index is 5.05. The molecule has 0 fully saturated rings. The third-order valence-electron chi connectivity index (χ3n) is 10.0. The average molecular weight is 635 g/mol. The van der Waals surface area contributed by atoms with Crippen molar-refractivity contribution in [3.8, 4) is 45.0 Å². The molecular weight excluding hydrogens is 605 g/mol. The van der Waals surface area contributed by atoms with Gasteiger partial charge in [-0.3, -0.25) is 0 Å². The van der Waals surface area contributed by atoms with E-state index in [9.17, 15) is 0 Å². The van der Waals surface area contributed by atoms with Crippen molar-refractivity contribution in [2.45, 2.75) is 0 Å². The van der Waals surface area contributed by atoms with E-state index >= 15 is 0 Å². The Morgan fingerprint density at radius 3 is 1.34 bits per heavy atom. The van der Waals surface area contributed by atoms with Crippen LogP contribution in [0.2, 0.25) is 0 Å². The van der Waals surface area contributed by atoms with Crippen molar-refractivity contribution in [2.75, 3.05) is 0 Å². The largest absolute Gasteiger partial charge is 0.228 e. The van der Waals surface area contributed by atoms with Gasteiger partial charge in [0, 0.05) is 16.7 Å². The van der Waals surface area contributed by atoms with Gasteiger partial charge in [0.25, 0.3) is 0 Å². The van der Waals surface area contributed by atoms with Crippen molar-refractivity contribution in [3.05, 3.63) is 182 Å². The van der Waals surface area contributed by atoms with E-state index in [4.69, 9.17) is 9.97 Å². The van der Waals surface area contributed by atoms with Gasteiger partial charge in [0.15, 0.2) is 5.82 Å². The Kier molecular flexibility index (Phi) is 6.53. The minimum Gasteiger partial charge on any atom is -0.228 e. The number of aromatic nitrogens is 2. The summed E-state index contributed by atoms with van der Waals surface area (Å²) < 4.78 is 0. The van der Waals surface area contributed by atoms with Crippen LogP contribution >= 0.6 is 0 Å². The molecule has 2 nitrogen and oxygen atoms in total. The third-order valence-corrected chi connectivity index (χ3v) is 10.0. The zero-order valence-corrected chi connectivity index (χ0v) is 27.2. The first-order chi connectivity index (χ1) is 24.8. The van der Waals surface area contributed by atoms with Gasteiger partial charge in [-0.25, -0.2) is 9.97 Å². The van der Waals surface area contributed by atoms with E-state index in [0.717, 1.165) is 39.5 Å². The van der Waals surface area contributed by atoms with Gasteiger partial charge in [-0.15, -0.1) is 0 Å². The lowest BCUT2D eigenvalue weighted by molar-refractivity contribution is 1.18. The molecule has 0 radical (unpaired) electrons. The van der Waals surface area contributed by atoms with Crippen LogP contribution in [-0.2, 0) is 0 Å². The van der Waals surface area contributed by atoms with Crippen LogP contribution in [0.1, 0.15) is 0 Å². The second-order valence-electron chi connectivity index (χ2n) is 13.0. The zero-order chi connectivity index (χ0) is 33.0. The van der Waals surface area contributed by atoms with Crippen LogP contribution in [0.15, 0.2) is 182 Å². The molecule has 1 heterocycles. The predicted octanol–water partition coefficient (Wildman–Crippen LogP) is 12.9. The summed E-state index contributed by atoms with van der Waals surface area (Å²) in [5, 5.41) is 12.8. The van der Waals surface area contributed by atoms with Crippen LogP contribution in [-0.4, -0.2) is 9.97 Å². The Morgan fingerprint density at radius 1 is 0.260 bits per heavy atom. The molecular formula is C48H30N2. The number of hydrogen-bond donors (Lipinski definition) is 0. The number of nitrogens with zero attached hydrogens (tertiary/aromatic N) is 2.